The lowest BCUT2D eigenvalue weighted by Crippen LogP contribution is -2.47. The number of alkyl halides is 3. The Balaban J connectivity index is 1.97. The number of rotatable bonds is 5. The first-order valence-electron chi connectivity index (χ1n) is 7.74. The Morgan fingerprint density at radius 2 is 1.76 bits per heavy atom. The van der Waals surface area contributed by atoms with Crippen LogP contribution < -0.4 is 0 Å². The van der Waals surface area contributed by atoms with Crippen LogP contribution >= 0.6 is 0 Å². The van der Waals surface area contributed by atoms with Gasteiger partial charge in [0.25, 0.3) is 0 Å². The van der Waals surface area contributed by atoms with Crippen molar-refractivity contribution in [1.82, 2.24) is 4.90 Å². The molecule has 1 aromatic rings. The lowest BCUT2D eigenvalue weighted by molar-refractivity contribution is -0.227. The second kappa shape index (κ2) is 6.85. The predicted molar refractivity (Wildman–Crippen MR) is 82.1 cm³/mol. The SMILES string of the molecule is Cc1ccc(C(=O)CCC(=O)N2CCC(C(=O)O)(C(F)(F)F)C2)cc1. The Kier molecular flexibility index (Phi) is 5.20. The third-order valence-corrected chi connectivity index (χ3v) is 4.51. The lowest BCUT2D eigenvalue weighted by atomic mass is 9.86. The molecule has 1 unspecified atom stereocenters. The predicted octanol–water partition coefficient (Wildman–Crippen LogP) is 2.82. The van der Waals surface area contributed by atoms with E-state index in [1.165, 1.54) is 0 Å². The summed E-state index contributed by atoms with van der Waals surface area (Å²) < 4.78 is 39.3. The Morgan fingerprint density at radius 1 is 1.16 bits per heavy atom. The van der Waals surface area contributed by atoms with Gasteiger partial charge in [-0.25, -0.2) is 0 Å². The zero-order chi connectivity index (χ0) is 18.8. The number of carbonyl (C=O) groups excluding carboxylic acids is 2. The van der Waals surface area contributed by atoms with Gasteiger partial charge in [0.2, 0.25) is 5.91 Å². The summed E-state index contributed by atoms with van der Waals surface area (Å²) in [5, 5.41) is 8.98. The largest absolute Gasteiger partial charge is 0.481 e. The molecule has 8 heteroatoms. The number of hydrogen-bond acceptors (Lipinski definition) is 3. The minimum Gasteiger partial charge on any atom is -0.481 e. The average molecular weight is 357 g/mol. The van der Waals surface area contributed by atoms with E-state index in [9.17, 15) is 27.6 Å². The number of aliphatic carboxylic acids is 1. The maximum Gasteiger partial charge on any atom is 0.406 e. The normalized spacial score (nSPS) is 20.6. The quantitative estimate of drug-likeness (QED) is 0.823. The van der Waals surface area contributed by atoms with Crippen molar-refractivity contribution >= 4 is 17.7 Å². The topological polar surface area (TPSA) is 74.7 Å². The van der Waals surface area contributed by atoms with Crippen LogP contribution in [0.1, 0.15) is 35.2 Å². The van der Waals surface area contributed by atoms with E-state index in [2.05, 4.69) is 0 Å². The number of benzene rings is 1. The van der Waals surface area contributed by atoms with Gasteiger partial charge in [-0.05, 0) is 13.3 Å². The van der Waals surface area contributed by atoms with Crippen LogP contribution in [0.5, 0.6) is 0 Å². The maximum absolute atomic E-state index is 13.1. The fourth-order valence-electron chi connectivity index (χ4n) is 2.81. The van der Waals surface area contributed by atoms with E-state index in [0.717, 1.165) is 10.5 Å². The summed E-state index contributed by atoms with van der Waals surface area (Å²) in [4.78, 5) is 36.1. The Hall–Kier alpha value is -2.38. The summed E-state index contributed by atoms with van der Waals surface area (Å²) in [6.45, 7) is 0.660. The standard InChI is InChI=1S/C17H18F3NO4/c1-11-2-4-12(5-3-11)13(22)6-7-14(23)21-9-8-16(10-21,15(24)25)17(18,19)20/h2-5H,6-10H2,1H3,(H,24,25). The highest BCUT2D eigenvalue weighted by Crippen LogP contribution is 2.45. The summed E-state index contributed by atoms with van der Waals surface area (Å²) in [7, 11) is 0. The average Bonchev–Trinajstić information content (AvgIpc) is 2.99. The summed E-state index contributed by atoms with van der Waals surface area (Å²) in [6.07, 6.45) is -6.00. The van der Waals surface area contributed by atoms with Crippen LogP contribution in [-0.2, 0) is 9.59 Å². The fraction of sp³-hybridized carbons (Fsp3) is 0.471. The first-order valence-corrected chi connectivity index (χ1v) is 7.74. The molecule has 1 aromatic carbocycles. The molecule has 0 spiro atoms. The van der Waals surface area contributed by atoms with Gasteiger partial charge in [-0.1, -0.05) is 29.8 Å². The van der Waals surface area contributed by atoms with Gasteiger partial charge >= 0.3 is 12.1 Å². The molecule has 1 amide bonds. The van der Waals surface area contributed by atoms with Crippen molar-refractivity contribution in [3.8, 4) is 0 Å². The third kappa shape index (κ3) is 3.83. The minimum atomic E-state index is -4.94. The molecule has 0 bridgehead atoms. The fourth-order valence-corrected chi connectivity index (χ4v) is 2.81. The molecular weight excluding hydrogens is 339 g/mol. The van der Waals surface area contributed by atoms with Crippen LogP contribution in [0.4, 0.5) is 13.2 Å². The Bertz CT molecular complexity index is 684. The zero-order valence-corrected chi connectivity index (χ0v) is 13.6. The summed E-state index contributed by atoms with van der Waals surface area (Å²) >= 11 is 0. The molecule has 1 N–H and O–H groups in total. The second-order valence-electron chi connectivity index (χ2n) is 6.24. The molecule has 1 aliphatic rings. The van der Waals surface area contributed by atoms with E-state index in [4.69, 9.17) is 5.11 Å². The van der Waals surface area contributed by atoms with Crippen molar-refractivity contribution in [2.75, 3.05) is 13.1 Å². The molecule has 1 aliphatic heterocycles. The monoisotopic (exact) mass is 357 g/mol. The minimum absolute atomic E-state index is 0.134. The maximum atomic E-state index is 13.1. The van der Waals surface area contributed by atoms with Crippen LogP contribution in [-0.4, -0.2) is 46.9 Å². The van der Waals surface area contributed by atoms with Crippen LogP contribution in [0.15, 0.2) is 24.3 Å². The summed E-state index contributed by atoms with van der Waals surface area (Å²) in [5.41, 5.74) is -1.53. The van der Waals surface area contributed by atoms with Gasteiger partial charge in [-0.15, -0.1) is 0 Å². The number of ketones is 1. The molecule has 1 atom stereocenters. The number of nitrogens with zero attached hydrogens (tertiary/aromatic N) is 1. The van der Waals surface area contributed by atoms with E-state index >= 15 is 0 Å². The van der Waals surface area contributed by atoms with E-state index < -0.39 is 36.4 Å². The molecule has 1 heterocycles. The molecular formula is C17H18F3NO4. The summed E-state index contributed by atoms with van der Waals surface area (Å²) in [6, 6.07) is 6.74. The van der Waals surface area contributed by atoms with Crippen molar-refractivity contribution in [2.45, 2.75) is 32.4 Å². The van der Waals surface area contributed by atoms with Gasteiger partial charge < -0.3 is 10.0 Å². The van der Waals surface area contributed by atoms with Crippen molar-refractivity contribution in [1.29, 1.82) is 0 Å². The lowest BCUT2D eigenvalue weighted by Gasteiger charge is -2.27. The number of Topliss-reactive ketones (excluding diaryl/α,β-unsaturated/α-hetero) is 1. The number of hydrogen-bond donors (Lipinski definition) is 1. The highest BCUT2D eigenvalue weighted by Gasteiger charge is 2.64. The van der Waals surface area contributed by atoms with Gasteiger partial charge in [0, 0.05) is 31.5 Å². The van der Waals surface area contributed by atoms with E-state index in [-0.39, 0.29) is 25.2 Å². The van der Waals surface area contributed by atoms with Gasteiger partial charge in [0.05, 0.1) is 0 Å². The van der Waals surface area contributed by atoms with E-state index in [1.54, 1.807) is 24.3 Å². The van der Waals surface area contributed by atoms with Crippen molar-refractivity contribution in [3.05, 3.63) is 35.4 Å². The molecule has 1 saturated heterocycles. The van der Waals surface area contributed by atoms with Crippen LogP contribution in [0, 0.1) is 12.3 Å². The van der Waals surface area contributed by atoms with Crippen molar-refractivity contribution in [2.24, 2.45) is 5.41 Å². The molecule has 0 radical (unpaired) electrons. The van der Waals surface area contributed by atoms with Crippen molar-refractivity contribution < 1.29 is 32.7 Å². The van der Waals surface area contributed by atoms with Crippen LogP contribution in [0.3, 0.4) is 0 Å². The number of likely N-dealkylation sites (tertiary alicyclic amines) is 1. The smallest absolute Gasteiger partial charge is 0.406 e. The molecule has 0 saturated carbocycles. The number of carboxylic acid groups (broad SMARTS) is 1. The van der Waals surface area contributed by atoms with E-state index in [0.29, 0.717) is 5.56 Å². The molecule has 5 nitrogen and oxygen atoms in total. The second-order valence-corrected chi connectivity index (χ2v) is 6.24. The number of amides is 1. The number of carbonyl (C=O) groups is 3. The van der Waals surface area contributed by atoms with Gasteiger partial charge in [-0.2, -0.15) is 13.2 Å². The number of aryl methyl sites for hydroxylation is 1. The molecule has 2 rings (SSSR count). The first kappa shape index (κ1) is 19.0. The molecule has 25 heavy (non-hydrogen) atoms. The highest BCUT2D eigenvalue weighted by atomic mass is 19.4. The zero-order valence-electron chi connectivity index (χ0n) is 13.6. The van der Waals surface area contributed by atoms with Crippen LogP contribution in [0.25, 0.3) is 0 Å². The molecule has 0 aromatic heterocycles. The number of carboxylic acids is 1. The van der Waals surface area contributed by atoms with Crippen molar-refractivity contribution in [3.63, 3.8) is 0 Å². The van der Waals surface area contributed by atoms with Gasteiger partial charge in [-0.3, -0.25) is 14.4 Å². The first-order chi connectivity index (χ1) is 11.6. The highest BCUT2D eigenvalue weighted by molar-refractivity contribution is 5.98. The molecule has 1 fully saturated rings. The van der Waals surface area contributed by atoms with E-state index in [1.807, 2.05) is 6.92 Å². The van der Waals surface area contributed by atoms with Gasteiger partial charge in [0.15, 0.2) is 11.2 Å². The molecule has 136 valence electrons. The molecule has 0 aliphatic carbocycles. The summed E-state index contributed by atoms with van der Waals surface area (Å²) in [5.74, 6) is -2.91. The number of halogens is 3. The van der Waals surface area contributed by atoms with Gasteiger partial charge in [0.1, 0.15) is 0 Å². The van der Waals surface area contributed by atoms with Crippen LogP contribution in [0.2, 0.25) is 0 Å². The third-order valence-electron chi connectivity index (χ3n) is 4.51. The Morgan fingerprint density at radius 3 is 2.24 bits per heavy atom. The Labute approximate surface area is 142 Å².